The van der Waals surface area contributed by atoms with Crippen LogP contribution in [0.15, 0.2) is 0 Å². The maximum absolute atomic E-state index is 12.1. The van der Waals surface area contributed by atoms with Crippen LogP contribution in [-0.4, -0.2) is 58.9 Å². The summed E-state index contributed by atoms with van der Waals surface area (Å²) < 4.78 is 0. The van der Waals surface area contributed by atoms with E-state index in [2.05, 4.69) is 0 Å². The molecule has 0 spiro atoms. The fraction of sp³-hybridized carbons (Fsp3) is 0.833. The monoisotopic (exact) mass is 307 g/mol. The molecule has 1 unspecified atom stereocenters. The first-order chi connectivity index (χ1) is 8.58. The molecule has 110 valence electrons. The predicted molar refractivity (Wildman–Crippen MR) is 79.2 cm³/mol. The van der Waals surface area contributed by atoms with Gasteiger partial charge in [-0.25, -0.2) is 0 Å². The highest BCUT2D eigenvalue weighted by atomic mass is 35.5. The topological polar surface area (TPSA) is 66.6 Å². The number of rotatable bonds is 3. The maximum Gasteiger partial charge on any atom is 0.242 e. The molecule has 0 saturated carbocycles. The number of nitrogens with zero attached hydrogens (tertiary/aromatic N) is 2. The van der Waals surface area contributed by atoms with Gasteiger partial charge in [0, 0.05) is 19.1 Å². The smallest absolute Gasteiger partial charge is 0.242 e. The van der Waals surface area contributed by atoms with Gasteiger partial charge < -0.3 is 15.5 Å². The first kappa shape index (κ1) is 16.6. The molecule has 0 radical (unpaired) electrons. The number of thioether (sulfide) groups is 1. The average molecular weight is 308 g/mol. The lowest BCUT2D eigenvalue weighted by Gasteiger charge is -2.34. The first-order valence-electron chi connectivity index (χ1n) is 6.47. The third-order valence-electron chi connectivity index (χ3n) is 3.79. The van der Waals surface area contributed by atoms with Crippen molar-refractivity contribution in [1.29, 1.82) is 0 Å². The molecule has 0 aromatic carbocycles. The molecule has 1 atom stereocenters. The molecule has 0 aliphatic carbocycles. The summed E-state index contributed by atoms with van der Waals surface area (Å²) in [6.45, 7) is 3.83. The highest BCUT2D eigenvalue weighted by molar-refractivity contribution is 8.00. The number of carbonyl (C=O) groups excluding carboxylic acids is 2. The molecule has 2 saturated heterocycles. The SMILES string of the molecule is CC(N)C1CCN(C(=O)CN2CSCC2=O)CC1.Cl. The Kier molecular flexibility index (Phi) is 6.42. The van der Waals surface area contributed by atoms with E-state index in [9.17, 15) is 9.59 Å². The van der Waals surface area contributed by atoms with Crippen molar-refractivity contribution < 1.29 is 9.59 Å². The van der Waals surface area contributed by atoms with E-state index in [-0.39, 0.29) is 36.8 Å². The van der Waals surface area contributed by atoms with E-state index in [1.165, 1.54) is 0 Å². The van der Waals surface area contributed by atoms with Gasteiger partial charge in [0.2, 0.25) is 11.8 Å². The minimum Gasteiger partial charge on any atom is -0.341 e. The van der Waals surface area contributed by atoms with Crippen molar-refractivity contribution in [2.75, 3.05) is 31.3 Å². The predicted octanol–water partition coefficient (Wildman–Crippen LogP) is 0.527. The lowest BCUT2D eigenvalue weighted by atomic mass is 9.91. The second-order valence-corrected chi connectivity index (χ2v) is 6.10. The van der Waals surface area contributed by atoms with Crippen LogP contribution in [0.5, 0.6) is 0 Å². The zero-order chi connectivity index (χ0) is 13.1. The molecule has 0 aromatic rings. The van der Waals surface area contributed by atoms with Crippen molar-refractivity contribution in [3.05, 3.63) is 0 Å². The second kappa shape index (κ2) is 7.36. The molecular formula is C12H22ClN3O2S. The maximum atomic E-state index is 12.1. The van der Waals surface area contributed by atoms with Gasteiger partial charge in [0.25, 0.3) is 0 Å². The molecule has 2 aliphatic heterocycles. The molecule has 19 heavy (non-hydrogen) atoms. The van der Waals surface area contributed by atoms with Crippen molar-refractivity contribution in [2.24, 2.45) is 11.7 Å². The Morgan fingerprint density at radius 2 is 2.11 bits per heavy atom. The highest BCUT2D eigenvalue weighted by Gasteiger charge is 2.28. The Balaban J connectivity index is 0.00000180. The lowest BCUT2D eigenvalue weighted by Crippen LogP contribution is -2.46. The highest BCUT2D eigenvalue weighted by Crippen LogP contribution is 2.20. The van der Waals surface area contributed by atoms with E-state index in [0.717, 1.165) is 25.9 Å². The second-order valence-electron chi connectivity index (χ2n) is 5.15. The molecule has 2 rings (SSSR count). The number of amides is 2. The molecule has 5 nitrogen and oxygen atoms in total. The lowest BCUT2D eigenvalue weighted by molar-refractivity contribution is -0.138. The minimum atomic E-state index is 0. The summed E-state index contributed by atoms with van der Waals surface area (Å²) in [5.41, 5.74) is 5.88. The molecule has 2 fully saturated rings. The molecule has 0 aromatic heterocycles. The number of carbonyl (C=O) groups is 2. The Bertz CT molecular complexity index is 333. The van der Waals surface area contributed by atoms with Crippen molar-refractivity contribution in [3.8, 4) is 0 Å². The van der Waals surface area contributed by atoms with Crippen LogP contribution >= 0.6 is 24.2 Å². The fourth-order valence-electron chi connectivity index (χ4n) is 2.48. The van der Waals surface area contributed by atoms with E-state index in [0.29, 0.717) is 17.5 Å². The zero-order valence-electron chi connectivity index (χ0n) is 11.2. The molecule has 2 heterocycles. The van der Waals surface area contributed by atoms with Crippen LogP contribution in [0.1, 0.15) is 19.8 Å². The number of hydrogen-bond acceptors (Lipinski definition) is 4. The van der Waals surface area contributed by atoms with E-state index in [4.69, 9.17) is 5.73 Å². The van der Waals surface area contributed by atoms with E-state index >= 15 is 0 Å². The number of hydrogen-bond donors (Lipinski definition) is 1. The van der Waals surface area contributed by atoms with Crippen LogP contribution < -0.4 is 5.73 Å². The molecule has 2 amide bonds. The summed E-state index contributed by atoms with van der Waals surface area (Å²) in [5.74, 6) is 1.85. The Hall–Kier alpha value is -0.460. The van der Waals surface area contributed by atoms with E-state index < -0.39 is 0 Å². The van der Waals surface area contributed by atoms with Gasteiger partial charge in [0.15, 0.2) is 0 Å². The minimum absolute atomic E-state index is 0. The van der Waals surface area contributed by atoms with Crippen LogP contribution in [0.4, 0.5) is 0 Å². The summed E-state index contributed by atoms with van der Waals surface area (Å²) in [4.78, 5) is 27.0. The van der Waals surface area contributed by atoms with E-state index in [1.807, 2.05) is 11.8 Å². The van der Waals surface area contributed by atoms with Gasteiger partial charge in [-0.15, -0.1) is 24.2 Å². The van der Waals surface area contributed by atoms with Crippen molar-refractivity contribution in [3.63, 3.8) is 0 Å². The van der Waals surface area contributed by atoms with Crippen molar-refractivity contribution >= 4 is 36.0 Å². The van der Waals surface area contributed by atoms with Gasteiger partial charge in [-0.05, 0) is 25.7 Å². The number of piperidine rings is 1. The number of likely N-dealkylation sites (tertiary alicyclic amines) is 1. The Morgan fingerprint density at radius 1 is 1.47 bits per heavy atom. The number of halogens is 1. The Morgan fingerprint density at radius 3 is 2.58 bits per heavy atom. The summed E-state index contributed by atoms with van der Waals surface area (Å²) in [6, 6.07) is 0.207. The summed E-state index contributed by atoms with van der Waals surface area (Å²) in [6.07, 6.45) is 1.96. The first-order valence-corrected chi connectivity index (χ1v) is 7.62. The largest absolute Gasteiger partial charge is 0.341 e. The molecule has 0 bridgehead atoms. The molecule has 2 aliphatic rings. The quantitative estimate of drug-likeness (QED) is 0.826. The summed E-state index contributed by atoms with van der Waals surface area (Å²) in [7, 11) is 0. The van der Waals surface area contributed by atoms with Crippen molar-refractivity contribution in [1.82, 2.24) is 9.80 Å². The van der Waals surface area contributed by atoms with Gasteiger partial charge >= 0.3 is 0 Å². The van der Waals surface area contributed by atoms with Gasteiger partial charge in [-0.1, -0.05) is 0 Å². The molecular weight excluding hydrogens is 286 g/mol. The summed E-state index contributed by atoms with van der Waals surface area (Å²) in [5, 5.41) is 0. The zero-order valence-corrected chi connectivity index (χ0v) is 12.8. The third-order valence-corrected chi connectivity index (χ3v) is 4.73. The van der Waals surface area contributed by atoms with Crippen LogP contribution in [0, 0.1) is 5.92 Å². The van der Waals surface area contributed by atoms with Gasteiger partial charge in [0.1, 0.15) is 6.54 Å². The third kappa shape index (κ3) is 4.26. The van der Waals surface area contributed by atoms with Gasteiger partial charge in [-0.2, -0.15) is 0 Å². The standard InChI is InChI=1S/C12H21N3O2S.ClH/c1-9(13)10-2-4-14(5-3-10)11(16)6-15-8-18-7-12(15)17;/h9-10H,2-8,13H2,1H3;1H. The molecule has 7 heteroatoms. The van der Waals surface area contributed by atoms with Crippen LogP contribution in [-0.2, 0) is 9.59 Å². The fourth-order valence-corrected chi connectivity index (χ4v) is 3.38. The van der Waals surface area contributed by atoms with Crippen LogP contribution in [0.2, 0.25) is 0 Å². The van der Waals surface area contributed by atoms with E-state index in [1.54, 1.807) is 16.7 Å². The van der Waals surface area contributed by atoms with Crippen LogP contribution in [0.3, 0.4) is 0 Å². The molecule has 2 N–H and O–H groups in total. The Labute approximate surface area is 124 Å². The summed E-state index contributed by atoms with van der Waals surface area (Å²) >= 11 is 1.57. The van der Waals surface area contributed by atoms with Gasteiger partial charge in [0.05, 0.1) is 11.6 Å². The number of nitrogens with two attached hydrogens (primary N) is 1. The average Bonchev–Trinajstić information content (AvgIpc) is 2.75. The van der Waals surface area contributed by atoms with Gasteiger partial charge in [-0.3, -0.25) is 9.59 Å². The normalized spacial score (nSPS) is 22.3. The van der Waals surface area contributed by atoms with Crippen LogP contribution in [0.25, 0.3) is 0 Å². The van der Waals surface area contributed by atoms with Crippen molar-refractivity contribution in [2.45, 2.75) is 25.8 Å².